The molecule has 1 N–H and O–H groups in total. The number of piperazine rings is 1. The van der Waals surface area contributed by atoms with E-state index in [-0.39, 0.29) is 5.91 Å². The maximum atomic E-state index is 12.3. The predicted molar refractivity (Wildman–Crippen MR) is 115 cm³/mol. The Kier molecular flexibility index (Phi) is 6.53. The minimum Gasteiger partial charge on any atom is -0.495 e. The van der Waals surface area contributed by atoms with E-state index in [1.165, 1.54) is 0 Å². The topological polar surface area (TPSA) is 44.8 Å². The molecule has 27 heavy (non-hydrogen) atoms. The van der Waals surface area contributed by atoms with Crippen LogP contribution in [0.25, 0.3) is 6.08 Å². The zero-order valence-electron chi connectivity index (χ0n) is 15.6. The van der Waals surface area contributed by atoms with E-state index in [4.69, 9.17) is 4.74 Å². The van der Waals surface area contributed by atoms with Gasteiger partial charge in [-0.05, 0) is 49.0 Å². The quantitative estimate of drug-likeness (QED) is 0.732. The molecule has 1 aliphatic heterocycles. The minimum absolute atomic E-state index is 0.160. The zero-order chi connectivity index (χ0) is 19.2. The summed E-state index contributed by atoms with van der Waals surface area (Å²) in [5.74, 6) is 0.662. The molecule has 1 heterocycles. The lowest BCUT2D eigenvalue weighted by Crippen LogP contribution is -2.44. The van der Waals surface area contributed by atoms with E-state index >= 15 is 0 Å². The number of hydrogen-bond donors (Lipinski definition) is 1. The minimum atomic E-state index is -0.160. The van der Waals surface area contributed by atoms with E-state index in [9.17, 15) is 4.79 Å². The number of carbonyl (C=O) groups is 1. The molecule has 0 saturated carbocycles. The number of anilines is 2. The summed E-state index contributed by atoms with van der Waals surface area (Å²) >= 11 is 3.40. The predicted octanol–water partition coefficient (Wildman–Crippen LogP) is 3.86. The van der Waals surface area contributed by atoms with Crippen molar-refractivity contribution in [1.82, 2.24) is 4.90 Å². The van der Waals surface area contributed by atoms with Crippen LogP contribution in [-0.4, -0.2) is 51.1 Å². The summed E-state index contributed by atoms with van der Waals surface area (Å²) in [6.45, 7) is 3.90. The van der Waals surface area contributed by atoms with E-state index in [0.29, 0.717) is 0 Å². The Balaban J connectivity index is 1.70. The Morgan fingerprint density at radius 2 is 1.81 bits per heavy atom. The lowest BCUT2D eigenvalue weighted by molar-refractivity contribution is -0.111. The van der Waals surface area contributed by atoms with Gasteiger partial charge in [0, 0.05) is 42.4 Å². The van der Waals surface area contributed by atoms with Gasteiger partial charge in [-0.25, -0.2) is 0 Å². The first-order valence-corrected chi connectivity index (χ1v) is 9.70. The number of nitrogens with one attached hydrogen (secondary N) is 1. The Bertz CT molecular complexity index is 813. The summed E-state index contributed by atoms with van der Waals surface area (Å²) in [5.41, 5.74) is 2.75. The van der Waals surface area contributed by atoms with Gasteiger partial charge >= 0.3 is 0 Å². The zero-order valence-corrected chi connectivity index (χ0v) is 17.2. The van der Waals surface area contributed by atoms with E-state index < -0.39 is 0 Å². The van der Waals surface area contributed by atoms with Crippen LogP contribution in [0.5, 0.6) is 5.75 Å². The number of rotatable bonds is 5. The first kappa shape index (κ1) is 19.5. The fourth-order valence-corrected chi connectivity index (χ4v) is 3.26. The van der Waals surface area contributed by atoms with E-state index in [2.05, 4.69) is 38.1 Å². The third-order valence-corrected chi connectivity index (χ3v) is 5.12. The SMILES string of the molecule is COc1ccc(NC(=O)/C=C/c2ccc(Br)cc2)cc1N1CCN(C)CC1. The number of ether oxygens (including phenoxy) is 1. The molecule has 1 aliphatic rings. The number of methoxy groups -OCH3 is 1. The summed E-state index contributed by atoms with van der Waals surface area (Å²) < 4.78 is 6.53. The highest BCUT2D eigenvalue weighted by Gasteiger charge is 2.18. The van der Waals surface area contributed by atoms with Crippen LogP contribution in [0, 0.1) is 0 Å². The van der Waals surface area contributed by atoms with Crippen LogP contribution in [0.2, 0.25) is 0 Å². The fraction of sp³-hybridized carbons (Fsp3) is 0.286. The Morgan fingerprint density at radius 3 is 2.48 bits per heavy atom. The van der Waals surface area contributed by atoms with Crippen molar-refractivity contribution in [2.24, 2.45) is 0 Å². The van der Waals surface area contributed by atoms with Crippen LogP contribution in [0.1, 0.15) is 5.56 Å². The van der Waals surface area contributed by atoms with Gasteiger partial charge in [-0.2, -0.15) is 0 Å². The molecule has 0 radical (unpaired) electrons. The number of hydrogen-bond acceptors (Lipinski definition) is 4. The highest BCUT2D eigenvalue weighted by atomic mass is 79.9. The monoisotopic (exact) mass is 429 g/mol. The van der Waals surface area contributed by atoms with Crippen molar-refractivity contribution in [3.63, 3.8) is 0 Å². The molecule has 0 aromatic heterocycles. The molecule has 1 saturated heterocycles. The highest BCUT2D eigenvalue weighted by Crippen LogP contribution is 2.32. The number of benzene rings is 2. The molecule has 0 bridgehead atoms. The molecule has 3 rings (SSSR count). The Labute approximate surface area is 168 Å². The van der Waals surface area contributed by atoms with E-state index in [1.54, 1.807) is 19.3 Å². The lowest BCUT2D eigenvalue weighted by atomic mass is 10.2. The maximum Gasteiger partial charge on any atom is 0.248 e. The van der Waals surface area contributed by atoms with Crippen molar-refractivity contribution in [3.8, 4) is 5.75 Å². The second-order valence-corrected chi connectivity index (χ2v) is 7.47. The molecule has 0 aliphatic carbocycles. The normalized spacial score (nSPS) is 15.1. The second-order valence-electron chi connectivity index (χ2n) is 6.55. The van der Waals surface area contributed by atoms with E-state index in [0.717, 1.165) is 53.3 Å². The van der Waals surface area contributed by atoms with Crippen LogP contribution >= 0.6 is 15.9 Å². The molecule has 6 heteroatoms. The van der Waals surface area contributed by atoms with E-state index in [1.807, 2.05) is 42.5 Å². The van der Waals surface area contributed by atoms with Gasteiger partial charge in [0.25, 0.3) is 0 Å². The summed E-state index contributed by atoms with van der Waals surface area (Å²) in [6, 6.07) is 13.5. The third kappa shape index (κ3) is 5.34. The number of halogens is 1. The van der Waals surface area contributed by atoms with Crippen LogP contribution in [0.4, 0.5) is 11.4 Å². The molecule has 0 spiro atoms. The van der Waals surface area contributed by atoms with Gasteiger partial charge in [-0.15, -0.1) is 0 Å². The van der Waals surface area contributed by atoms with Crippen molar-refractivity contribution in [1.29, 1.82) is 0 Å². The average Bonchev–Trinajstić information content (AvgIpc) is 2.68. The van der Waals surface area contributed by atoms with Crippen LogP contribution in [0.15, 0.2) is 53.0 Å². The third-order valence-electron chi connectivity index (χ3n) is 4.59. The number of likely N-dealkylation sites (N-methyl/N-ethyl adjacent to an activating group) is 1. The van der Waals surface area contributed by atoms with Crippen molar-refractivity contribution in [3.05, 3.63) is 58.6 Å². The van der Waals surface area contributed by atoms with Gasteiger partial charge in [-0.3, -0.25) is 4.79 Å². The summed E-state index contributed by atoms with van der Waals surface area (Å²) in [7, 11) is 3.80. The standard InChI is InChI=1S/C21H24BrN3O2/c1-24-11-13-25(14-12-24)19-15-18(8-9-20(19)27-2)23-21(26)10-5-16-3-6-17(22)7-4-16/h3-10,15H,11-14H2,1-2H3,(H,23,26)/b10-5+. The van der Waals surface area contributed by atoms with Crippen LogP contribution in [0.3, 0.4) is 0 Å². The molecule has 1 fully saturated rings. The molecule has 0 unspecified atom stereocenters. The molecule has 2 aromatic rings. The molecule has 2 aromatic carbocycles. The lowest BCUT2D eigenvalue weighted by Gasteiger charge is -2.34. The summed E-state index contributed by atoms with van der Waals surface area (Å²) in [4.78, 5) is 16.9. The van der Waals surface area contributed by atoms with Crippen molar-refractivity contribution >= 4 is 39.3 Å². The Hall–Kier alpha value is -2.31. The number of amides is 1. The fourth-order valence-electron chi connectivity index (χ4n) is 2.99. The molecule has 1 amide bonds. The van der Waals surface area contributed by atoms with Crippen LogP contribution < -0.4 is 15.0 Å². The second kappa shape index (κ2) is 9.06. The van der Waals surface area contributed by atoms with Crippen molar-refractivity contribution in [2.45, 2.75) is 0 Å². The van der Waals surface area contributed by atoms with Crippen molar-refractivity contribution < 1.29 is 9.53 Å². The molecule has 0 atom stereocenters. The smallest absolute Gasteiger partial charge is 0.248 e. The number of carbonyl (C=O) groups excluding carboxylic acids is 1. The van der Waals surface area contributed by atoms with Gasteiger partial charge in [0.2, 0.25) is 5.91 Å². The highest BCUT2D eigenvalue weighted by molar-refractivity contribution is 9.10. The van der Waals surface area contributed by atoms with Crippen molar-refractivity contribution in [2.75, 3.05) is 50.6 Å². The van der Waals surface area contributed by atoms with Gasteiger partial charge in [-0.1, -0.05) is 28.1 Å². The maximum absolute atomic E-state index is 12.3. The average molecular weight is 430 g/mol. The summed E-state index contributed by atoms with van der Waals surface area (Å²) in [5, 5.41) is 2.94. The first-order valence-electron chi connectivity index (χ1n) is 8.91. The Morgan fingerprint density at radius 1 is 1.11 bits per heavy atom. The molecule has 5 nitrogen and oxygen atoms in total. The first-order chi connectivity index (χ1) is 13.0. The molecular formula is C21H24BrN3O2. The summed E-state index contributed by atoms with van der Waals surface area (Å²) in [6.07, 6.45) is 3.34. The van der Waals surface area contributed by atoms with Gasteiger partial charge in [0.15, 0.2) is 0 Å². The van der Waals surface area contributed by atoms with Crippen LogP contribution in [-0.2, 0) is 4.79 Å². The van der Waals surface area contributed by atoms with Gasteiger partial charge in [0.05, 0.1) is 12.8 Å². The largest absolute Gasteiger partial charge is 0.495 e. The number of nitrogens with zero attached hydrogens (tertiary/aromatic N) is 2. The molecular weight excluding hydrogens is 406 g/mol. The van der Waals surface area contributed by atoms with Gasteiger partial charge in [0.1, 0.15) is 5.75 Å². The van der Waals surface area contributed by atoms with Gasteiger partial charge < -0.3 is 19.9 Å². The molecule has 142 valence electrons.